The van der Waals surface area contributed by atoms with Crippen LogP contribution in [0.2, 0.25) is 0 Å². The number of allylic oxidation sites excluding steroid dienone is 1. The zero-order valence-corrected chi connectivity index (χ0v) is 12.9. The fourth-order valence-corrected chi connectivity index (χ4v) is 2.71. The smallest absolute Gasteiger partial charge is 0.337 e. The Bertz CT molecular complexity index is 829. The van der Waals surface area contributed by atoms with Gasteiger partial charge in [0.15, 0.2) is 0 Å². The maximum Gasteiger partial charge on any atom is 0.337 e. The van der Waals surface area contributed by atoms with Crippen LogP contribution in [0.3, 0.4) is 0 Å². The third-order valence-electron chi connectivity index (χ3n) is 4.19. The van der Waals surface area contributed by atoms with Crippen LogP contribution >= 0.6 is 0 Å². The van der Waals surface area contributed by atoms with Crippen LogP contribution in [0.15, 0.2) is 42.1 Å². The molecule has 0 atom stereocenters. The van der Waals surface area contributed by atoms with Crippen molar-refractivity contribution in [3.63, 3.8) is 0 Å². The monoisotopic (exact) mass is 307 g/mol. The molecule has 0 N–H and O–H groups in total. The number of ether oxygens (including phenoxy) is 1. The zero-order valence-electron chi connectivity index (χ0n) is 12.9. The van der Waals surface area contributed by atoms with Gasteiger partial charge in [0.25, 0.3) is 0 Å². The minimum atomic E-state index is -0.322. The number of rotatable bonds is 3. The lowest BCUT2D eigenvalue weighted by atomic mass is 10.1. The van der Waals surface area contributed by atoms with E-state index >= 15 is 0 Å². The minimum Gasteiger partial charge on any atom is -0.465 e. The van der Waals surface area contributed by atoms with Gasteiger partial charge in [0.05, 0.1) is 30.1 Å². The Balaban J connectivity index is 1.64. The van der Waals surface area contributed by atoms with Crippen LogP contribution in [0.1, 0.15) is 30.1 Å². The van der Waals surface area contributed by atoms with Crippen LogP contribution in [0.4, 0.5) is 0 Å². The van der Waals surface area contributed by atoms with Crippen LogP contribution in [-0.2, 0) is 16.0 Å². The fourth-order valence-electron chi connectivity index (χ4n) is 2.71. The fraction of sp³-hybridized carbons (Fsp3) is 0.278. The molecule has 0 aromatic carbocycles. The second-order valence-corrected chi connectivity index (χ2v) is 5.84. The number of carbonyl (C=O) groups excluding carboxylic acids is 1. The van der Waals surface area contributed by atoms with Crippen LogP contribution in [0.5, 0.6) is 0 Å². The predicted octanol–water partition coefficient (Wildman–Crippen LogP) is 2.95. The number of esters is 1. The van der Waals surface area contributed by atoms with Gasteiger partial charge in [0.1, 0.15) is 5.69 Å². The van der Waals surface area contributed by atoms with Gasteiger partial charge in [0, 0.05) is 6.20 Å². The minimum absolute atomic E-state index is 0.322. The number of carbonyl (C=O) groups is 1. The maximum atomic E-state index is 11.7. The van der Waals surface area contributed by atoms with Crippen molar-refractivity contribution in [2.24, 2.45) is 0 Å². The van der Waals surface area contributed by atoms with Crippen LogP contribution in [0, 0.1) is 0 Å². The third-order valence-corrected chi connectivity index (χ3v) is 4.19. The number of aromatic nitrogens is 3. The molecule has 0 amide bonds. The highest BCUT2D eigenvalue weighted by molar-refractivity contribution is 5.93. The first-order valence-electron chi connectivity index (χ1n) is 7.76. The molecular weight excluding hydrogens is 290 g/mol. The van der Waals surface area contributed by atoms with Gasteiger partial charge in [0.2, 0.25) is 0 Å². The molecule has 5 nitrogen and oxygen atoms in total. The molecule has 0 radical (unpaired) electrons. The van der Waals surface area contributed by atoms with E-state index in [0.29, 0.717) is 18.0 Å². The van der Waals surface area contributed by atoms with Crippen molar-refractivity contribution in [3.05, 3.63) is 53.4 Å². The summed E-state index contributed by atoms with van der Waals surface area (Å²) in [4.78, 5) is 16.4. The van der Waals surface area contributed by atoms with E-state index in [-0.39, 0.29) is 5.97 Å². The zero-order chi connectivity index (χ0) is 15.8. The summed E-state index contributed by atoms with van der Waals surface area (Å²) in [7, 11) is 1.39. The number of hydrogen-bond donors (Lipinski definition) is 0. The average molecular weight is 307 g/mol. The first kappa shape index (κ1) is 13.9. The molecule has 0 spiro atoms. The number of pyridine rings is 1. The summed E-state index contributed by atoms with van der Waals surface area (Å²) in [5.41, 5.74) is 4.27. The molecule has 1 saturated carbocycles. The Morgan fingerprint density at radius 3 is 2.87 bits per heavy atom. The molecule has 0 unspecified atom stereocenters. The maximum absolute atomic E-state index is 11.7. The molecule has 2 aromatic rings. The molecule has 0 aliphatic heterocycles. The van der Waals surface area contributed by atoms with Crippen LogP contribution < -0.4 is 0 Å². The lowest BCUT2D eigenvalue weighted by Crippen LogP contribution is -2.02. The Morgan fingerprint density at radius 2 is 2.09 bits per heavy atom. The van der Waals surface area contributed by atoms with Crippen molar-refractivity contribution >= 4 is 12.0 Å². The highest BCUT2D eigenvalue weighted by Gasteiger charge is 2.24. The van der Waals surface area contributed by atoms with Gasteiger partial charge in [-0.25, -0.2) is 9.78 Å². The highest BCUT2D eigenvalue weighted by atomic mass is 16.5. The van der Waals surface area contributed by atoms with E-state index in [2.05, 4.69) is 11.2 Å². The van der Waals surface area contributed by atoms with E-state index in [0.717, 1.165) is 22.6 Å². The van der Waals surface area contributed by atoms with Gasteiger partial charge in [-0.3, -0.25) is 4.68 Å². The summed E-state index contributed by atoms with van der Waals surface area (Å²) >= 11 is 0. The molecule has 1 fully saturated rings. The van der Waals surface area contributed by atoms with Crippen molar-refractivity contribution in [2.45, 2.75) is 25.3 Å². The van der Waals surface area contributed by atoms with E-state index < -0.39 is 0 Å². The standard InChI is InChI=1S/C18H17N3O2/c1-23-18(22)13-3-2-12-4-9-16(19-15(12)8-5-13)17-10-11-21(20-17)14-6-7-14/h3-5,8-11,14H,2,6-7H2,1H3. The second-order valence-electron chi connectivity index (χ2n) is 5.84. The Hall–Kier alpha value is -2.69. The van der Waals surface area contributed by atoms with Gasteiger partial charge < -0.3 is 4.74 Å². The molecule has 4 rings (SSSR count). The van der Waals surface area contributed by atoms with Gasteiger partial charge in [-0.2, -0.15) is 5.10 Å². The van der Waals surface area contributed by atoms with Gasteiger partial charge in [-0.05, 0) is 49.1 Å². The predicted molar refractivity (Wildman–Crippen MR) is 86.6 cm³/mol. The number of nitrogens with zero attached hydrogens (tertiary/aromatic N) is 3. The van der Waals surface area contributed by atoms with Gasteiger partial charge in [-0.15, -0.1) is 0 Å². The van der Waals surface area contributed by atoms with Crippen molar-refractivity contribution < 1.29 is 9.53 Å². The van der Waals surface area contributed by atoms with Gasteiger partial charge in [-0.1, -0.05) is 12.1 Å². The Kier molecular flexibility index (Phi) is 3.33. The van der Waals surface area contributed by atoms with Crippen LogP contribution in [0.25, 0.3) is 17.5 Å². The summed E-state index contributed by atoms with van der Waals surface area (Å²) in [5, 5.41) is 4.61. The van der Waals surface area contributed by atoms with Crippen molar-refractivity contribution in [1.29, 1.82) is 0 Å². The summed E-state index contributed by atoms with van der Waals surface area (Å²) in [6.45, 7) is 0. The number of methoxy groups -OCH3 is 1. The van der Waals surface area contributed by atoms with E-state index in [9.17, 15) is 4.79 Å². The SMILES string of the molecule is COC(=O)C1=CCc2ccc(-c3ccn(C4CC4)n3)nc2C=C1. The third kappa shape index (κ3) is 2.70. The molecule has 116 valence electrons. The van der Waals surface area contributed by atoms with Gasteiger partial charge >= 0.3 is 5.97 Å². The first-order chi connectivity index (χ1) is 11.2. The Morgan fingerprint density at radius 1 is 1.22 bits per heavy atom. The molecular formula is C18H17N3O2. The lowest BCUT2D eigenvalue weighted by molar-refractivity contribution is -0.135. The van der Waals surface area contributed by atoms with Crippen LogP contribution in [-0.4, -0.2) is 27.8 Å². The van der Waals surface area contributed by atoms with Crippen molar-refractivity contribution in [3.8, 4) is 11.4 Å². The van der Waals surface area contributed by atoms with Crippen molar-refractivity contribution in [1.82, 2.24) is 14.8 Å². The van der Waals surface area contributed by atoms with E-state index in [1.54, 1.807) is 6.08 Å². The van der Waals surface area contributed by atoms with E-state index in [1.165, 1.54) is 20.0 Å². The largest absolute Gasteiger partial charge is 0.465 e. The second kappa shape index (κ2) is 5.50. The molecule has 0 bridgehead atoms. The summed E-state index contributed by atoms with van der Waals surface area (Å²) in [5.74, 6) is -0.322. The first-order valence-corrected chi connectivity index (χ1v) is 7.76. The molecule has 2 aromatic heterocycles. The molecule has 2 aliphatic rings. The summed E-state index contributed by atoms with van der Waals surface area (Å²) in [6.07, 6.45) is 10.6. The molecule has 2 aliphatic carbocycles. The van der Waals surface area contributed by atoms with E-state index in [1.807, 2.05) is 35.2 Å². The summed E-state index contributed by atoms with van der Waals surface area (Å²) in [6, 6.07) is 6.61. The average Bonchev–Trinajstić information content (AvgIpc) is 3.35. The molecule has 0 saturated heterocycles. The highest BCUT2D eigenvalue weighted by Crippen LogP contribution is 2.34. The van der Waals surface area contributed by atoms with E-state index in [4.69, 9.17) is 9.72 Å². The number of hydrogen-bond acceptors (Lipinski definition) is 4. The Labute approximate surface area is 134 Å². The molecule has 5 heteroatoms. The number of fused-ring (bicyclic) bond motifs is 1. The normalized spacial score (nSPS) is 16.5. The molecule has 23 heavy (non-hydrogen) atoms. The molecule has 2 heterocycles. The van der Waals surface area contributed by atoms with Crippen molar-refractivity contribution in [2.75, 3.05) is 7.11 Å². The topological polar surface area (TPSA) is 57.0 Å². The quantitative estimate of drug-likeness (QED) is 0.818. The lowest BCUT2D eigenvalue weighted by Gasteiger charge is -2.04. The summed E-state index contributed by atoms with van der Waals surface area (Å²) < 4.78 is 6.80.